The minimum Gasteiger partial charge on any atom is -0.462 e. The molecule has 474 valence electrons. The monoisotopic (exact) mass is 1150 g/mol. The second-order valence-corrected chi connectivity index (χ2v) is 23.1. The summed E-state index contributed by atoms with van der Waals surface area (Å²) in [5.41, 5.74) is 0. The van der Waals surface area contributed by atoms with Crippen LogP contribution in [0.5, 0.6) is 0 Å². The molecule has 0 aromatic carbocycles. The van der Waals surface area contributed by atoms with E-state index in [-0.39, 0.29) is 31.1 Å². The molecule has 0 aliphatic rings. The third kappa shape index (κ3) is 68.5. The third-order valence-corrected chi connectivity index (χ3v) is 14.9. The Hall–Kier alpha value is -4.19. The topological polar surface area (TPSA) is 78.9 Å². The summed E-state index contributed by atoms with van der Waals surface area (Å²) in [5.74, 6) is -0.940. The van der Waals surface area contributed by atoms with Crippen molar-refractivity contribution in [2.45, 2.75) is 335 Å². The summed E-state index contributed by atoms with van der Waals surface area (Å²) in [5, 5.41) is 0. The molecule has 0 heterocycles. The minimum absolute atomic E-state index is 0.0968. The molecular weight excluding hydrogens is 1020 g/mol. The van der Waals surface area contributed by atoms with Crippen LogP contribution in [0.2, 0.25) is 0 Å². The van der Waals surface area contributed by atoms with Gasteiger partial charge in [-0.25, -0.2) is 0 Å². The van der Waals surface area contributed by atoms with Gasteiger partial charge in [-0.2, -0.15) is 0 Å². The molecule has 0 amide bonds. The van der Waals surface area contributed by atoms with Crippen molar-refractivity contribution < 1.29 is 28.6 Å². The zero-order chi connectivity index (χ0) is 59.9. The van der Waals surface area contributed by atoms with Crippen LogP contribution in [0.4, 0.5) is 0 Å². The molecule has 0 saturated carbocycles. The van der Waals surface area contributed by atoms with Crippen molar-refractivity contribution in [1.82, 2.24) is 0 Å². The summed E-state index contributed by atoms with van der Waals surface area (Å²) in [7, 11) is 0. The van der Waals surface area contributed by atoms with Crippen molar-refractivity contribution in [3.05, 3.63) is 122 Å². The summed E-state index contributed by atoms with van der Waals surface area (Å²) >= 11 is 0. The quantitative estimate of drug-likeness (QED) is 0.0261. The summed E-state index contributed by atoms with van der Waals surface area (Å²) in [6.45, 7) is 6.49. The Morgan fingerprint density at radius 1 is 0.253 bits per heavy atom. The molecule has 0 radical (unpaired) electrons. The highest BCUT2D eigenvalue weighted by molar-refractivity contribution is 5.71. The number of unbranched alkanes of at least 4 members (excludes halogenated alkanes) is 32. The highest BCUT2D eigenvalue weighted by Crippen LogP contribution is 2.16. The van der Waals surface area contributed by atoms with Crippen molar-refractivity contribution in [1.29, 1.82) is 0 Å². The predicted octanol–water partition coefficient (Wildman–Crippen LogP) is 24.3. The van der Waals surface area contributed by atoms with Crippen LogP contribution in [0, 0.1) is 0 Å². The number of esters is 3. The highest BCUT2D eigenvalue weighted by atomic mass is 16.6. The molecule has 6 nitrogen and oxygen atoms in total. The zero-order valence-corrected chi connectivity index (χ0v) is 54.4. The first-order valence-electron chi connectivity index (χ1n) is 35.0. The maximum absolute atomic E-state index is 13.0. The lowest BCUT2D eigenvalue weighted by Crippen LogP contribution is -2.30. The largest absolute Gasteiger partial charge is 0.462 e. The first-order valence-corrected chi connectivity index (χ1v) is 35.0. The van der Waals surface area contributed by atoms with Gasteiger partial charge in [0, 0.05) is 19.3 Å². The van der Waals surface area contributed by atoms with Crippen LogP contribution in [0.1, 0.15) is 329 Å². The zero-order valence-electron chi connectivity index (χ0n) is 54.4. The number of carbonyl (C=O) groups is 3. The van der Waals surface area contributed by atoms with E-state index in [0.29, 0.717) is 19.3 Å². The van der Waals surface area contributed by atoms with Gasteiger partial charge in [-0.3, -0.25) is 14.4 Å². The number of ether oxygens (including phenoxy) is 3. The fourth-order valence-corrected chi connectivity index (χ4v) is 9.68. The number of rotatable bonds is 63. The van der Waals surface area contributed by atoms with E-state index in [2.05, 4.69) is 142 Å². The number of allylic oxidation sites excluding steroid dienone is 20. The normalized spacial score (nSPS) is 12.9. The molecule has 1 unspecified atom stereocenters. The van der Waals surface area contributed by atoms with E-state index >= 15 is 0 Å². The van der Waals surface area contributed by atoms with Crippen molar-refractivity contribution in [2.75, 3.05) is 13.2 Å². The molecule has 0 bridgehead atoms. The van der Waals surface area contributed by atoms with E-state index in [1.807, 2.05) is 0 Å². The molecule has 0 rings (SSSR count). The van der Waals surface area contributed by atoms with E-state index in [1.165, 1.54) is 173 Å². The average Bonchev–Trinajstić information content (AvgIpc) is 3.49. The molecule has 0 aromatic rings. The summed E-state index contributed by atoms with van der Waals surface area (Å²) in [6.07, 6.45) is 97.9. The summed E-state index contributed by atoms with van der Waals surface area (Å²) in [4.78, 5) is 38.4. The highest BCUT2D eigenvalue weighted by Gasteiger charge is 2.19. The van der Waals surface area contributed by atoms with Gasteiger partial charge in [0.1, 0.15) is 13.2 Å². The van der Waals surface area contributed by atoms with Gasteiger partial charge in [-0.15, -0.1) is 0 Å². The first kappa shape index (κ1) is 78.8. The molecule has 0 spiro atoms. The molecule has 0 saturated heterocycles. The molecular formula is C77H130O6. The Labute approximate surface area is 513 Å². The van der Waals surface area contributed by atoms with Gasteiger partial charge in [0.05, 0.1) is 0 Å². The molecule has 0 aliphatic carbocycles. The van der Waals surface area contributed by atoms with Gasteiger partial charge in [-0.05, 0) is 135 Å². The fourth-order valence-electron chi connectivity index (χ4n) is 9.68. The Kier molecular flexibility index (Phi) is 66.7. The standard InChI is InChI=1S/C77H130O6/c1-4-7-10-13-16-19-22-25-28-30-32-34-36-37-38-39-41-42-44-46-49-52-55-58-61-64-67-70-76(79)82-73-74(72-81-75(78)69-66-63-60-57-54-51-48-27-24-21-18-15-12-9-6-3)83-77(80)71-68-65-62-59-56-53-50-47-45-43-40-35-33-31-29-26-23-20-17-14-11-8-5-2/h9,12,18,21-23,25-27,30-33,36-37,40,43,48,54,57,74H,4-8,10-11,13-17,19-20,24,28-29,34-35,38-39,41-42,44-47,49-53,55-56,58-73H2,1-3H3/b12-9-,21-18-,25-22-,26-23-,32-30-,33-31-,37-36-,43-40-,48-27-,57-54-. The number of hydrogen-bond acceptors (Lipinski definition) is 6. The number of hydrogen-bond donors (Lipinski definition) is 0. The van der Waals surface area contributed by atoms with Gasteiger partial charge in [-0.1, -0.05) is 296 Å². The van der Waals surface area contributed by atoms with Crippen LogP contribution in [0.15, 0.2) is 122 Å². The van der Waals surface area contributed by atoms with Crippen LogP contribution in [-0.4, -0.2) is 37.2 Å². The fraction of sp³-hybridized carbons (Fsp3) is 0.701. The van der Waals surface area contributed by atoms with E-state index in [4.69, 9.17) is 14.2 Å². The molecule has 0 aliphatic heterocycles. The van der Waals surface area contributed by atoms with Crippen LogP contribution < -0.4 is 0 Å². The maximum atomic E-state index is 13.0. The van der Waals surface area contributed by atoms with Crippen LogP contribution >= 0.6 is 0 Å². The van der Waals surface area contributed by atoms with Crippen molar-refractivity contribution in [3.63, 3.8) is 0 Å². The number of carbonyl (C=O) groups excluding carboxylic acids is 3. The van der Waals surface area contributed by atoms with Crippen LogP contribution in [-0.2, 0) is 28.6 Å². The van der Waals surface area contributed by atoms with Crippen molar-refractivity contribution in [3.8, 4) is 0 Å². The molecule has 0 fully saturated rings. The van der Waals surface area contributed by atoms with E-state index in [1.54, 1.807) is 0 Å². The lowest BCUT2D eigenvalue weighted by Gasteiger charge is -2.18. The van der Waals surface area contributed by atoms with Gasteiger partial charge >= 0.3 is 17.9 Å². The second kappa shape index (κ2) is 70.3. The van der Waals surface area contributed by atoms with E-state index < -0.39 is 6.10 Å². The smallest absolute Gasteiger partial charge is 0.306 e. The molecule has 6 heteroatoms. The second-order valence-electron chi connectivity index (χ2n) is 23.1. The minimum atomic E-state index is -0.805. The van der Waals surface area contributed by atoms with Crippen molar-refractivity contribution >= 4 is 17.9 Å². The maximum Gasteiger partial charge on any atom is 0.306 e. The Bertz CT molecular complexity index is 1700. The Morgan fingerprint density at radius 3 is 0.759 bits per heavy atom. The Morgan fingerprint density at radius 2 is 0.470 bits per heavy atom. The molecule has 0 N–H and O–H groups in total. The van der Waals surface area contributed by atoms with Crippen LogP contribution in [0.25, 0.3) is 0 Å². The van der Waals surface area contributed by atoms with Gasteiger partial charge < -0.3 is 14.2 Å². The van der Waals surface area contributed by atoms with E-state index in [0.717, 1.165) is 116 Å². The van der Waals surface area contributed by atoms with Crippen LogP contribution in [0.3, 0.4) is 0 Å². The van der Waals surface area contributed by atoms with Crippen molar-refractivity contribution in [2.24, 2.45) is 0 Å². The SMILES string of the molecule is CC/C=C\C/C=C\C/C=C\C/C=C\CCCCC(=O)OCC(COC(=O)CCCCCCCCCCCCCC/C=C\C/C=C\C/C=C\CCCCCCC)OC(=O)CCCCCCCCCC/C=C\C/C=C\C/C=C\CCCCCCC. The molecule has 83 heavy (non-hydrogen) atoms. The molecule has 1 atom stereocenters. The lowest BCUT2D eigenvalue weighted by atomic mass is 10.0. The summed E-state index contributed by atoms with van der Waals surface area (Å²) < 4.78 is 16.9. The third-order valence-electron chi connectivity index (χ3n) is 14.9. The first-order chi connectivity index (χ1) is 41.0. The summed E-state index contributed by atoms with van der Waals surface area (Å²) in [6, 6.07) is 0. The van der Waals surface area contributed by atoms with Gasteiger partial charge in [0.25, 0.3) is 0 Å². The van der Waals surface area contributed by atoms with Gasteiger partial charge in [0.15, 0.2) is 6.10 Å². The lowest BCUT2D eigenvalue weighted by molar-refractivity contribution is -0.167. The van der Waals surface area contributed by atoms with Gasteiger partial charge in [0.2, 0.25) is 0 Å². The average molecular weight is 1150 g/mol. The predicted molar refractivity (Wildman–Crippen MR) is 362 cm³/mol. The Balaban J connectivity index is 4.38. The molecule has 0 aromatic heterocycles. The van der Waals surface area contributed by atoms with E-state index in [9.17, 15) is 14.4 Å².